The first-order valence-corrected chi connectivity index (χ1v) is 4.76. The number of hydrogen-bond donors (Lipinski definition) is 2. The van der Waals surface area contributed by atoms with Gasteiger partial charge in [0.15, 0.2) is 0 Å². The zero-order valence-corrected chi connectivity index (χ0v) is 8.58. The van der Waals surface area contributed by atoms with Crippen LogP contribution in [-0.4, -0.2) is 15.7 Å². The van der Waals surface area contributed by atoms with Crippen LogP contribution >= 0.6 is 0 Å². The third-order valence-electron chi connectivity index (χ3n) is 2.07. The van der Waals surface area contributed by atoms with Gasteiger partial charge in [0, 0.05) is 6.54 Å². The molecule has 1 heterocycles. The molecule has 1 rings (SSSR count). The Kier molecular flexibility index (Phi) is 3.11. The van der Waals surface area contributed by atoms with Gasteiger partial charge in [-0.25, -0.2) is 0 Å². The number of carbonyl (C=O) groups excluding carboxylic acids is 1. The highest BCUT2D eigenvalue weighted by Gasteiger charge is 2.17. The number of nitrogen functional groups attached to an aromatic ring is 1. The SMILES string of the molecule is CCCn1nc(CC)c(N)c1C(N)=O. The van der Waals surface area contributed by atoms with Gasteiger partial charge in [-0.15, -0.1) is 0 Å². The summed E-state index contributed by atoms with van der Waals surface area (Å²) in [7, 11) is 0. The van der Waals surface area contributed by atoms with Crippen LogP contribution in [-0.2, 0) is 13.0 Å². The molecule has 0 spiro atoms. The third kappa shape index (κ3) is 1.71. The maximum absolute atomic E-state index is 11.1. The van der Waals surface area contributed by atoms with Crippen molar-refractivity contribution in [1.29, 1.82) is 0 Å². The molecular weight excluding hydrogens is 180 g/mol. The molecule has 0 bridgehead atoms. The number of anilines is 1. The fourth-order valence-corrected chi connectivity index (χ4v) is 1.42. The molecule has 78 valence electrons. The summed E-state index contributed by atoms with van der Waals surface area (Å²) in [6.07, 6.45) is 1.60. The minimum Gasteiger partial charge on any atom is -0.395 e. The molecule has 14 heavy (non-hydrogen) atoms. The summed E-state index contributed by atoms with van der Waals surface area (Å²) in [6, 6.07) is 0. The first-order valence-electron chi connectivity index (χ1n) is 4.76. The molecule has 0 aliphatic rings. The Morgan fingerprint density at radius 2 is 2.14 bits per heavy atom. The second-order valence-electron chi connectivity index (χ2n) is 3.15. The molecule has 0 unspecified atom stereocenters. The highest BCUT2D eigenvalue weighted by atomic mass is 16.1. The zero-order chi connectivity index (χ0) is 10.7. The molecule has 0 fully saturated rings. The maximum atomic E-state index is 11.1. The van der Waals surface area contributed by atoms with E-state index in [2.05, 4.69) is 5.10 Å². The maximum Gasteiger partial charge on any atom is 0.269 e. The number of carbonyl (C=O) groups is 1. The molecule has 0 saturated heterocycles. The zero-order valence-electron chi connectivity index (χ0n) is 8.58. The Hall–Kier alpha value is -1.52. The minimum atomic E-state index is -0.511. The van der Waals surface area contributed by atoms with Crippen LogP contribution in [0.15, 0.2) is 0 Å². The van der Waals surface area contributed by atoms with Crippen LogP contribution in [0.25, 0.3) is 0 Å². The predicted molar refractivity (Wildman–Crippen MR) is 54.8 cm³/mol. The molecule has 1 aromatic heterocycles. The van der Waals surface area contributed by atoms with E-state index in [9.17, 15) is 4.79 Å². The van der Waals surface area contributed by atoms with E-state index in [-0.39, 0.29) is 0 Å². The van der Waals surface area contributed by atoms with Gasteiger partial charge in [-0.05, 0) is 12.8 Å². The lowest BCUT2D eigenvalue weighted by Crippen LogP contribution is -2.19. The second-order valence-corrected chi connectivity index (χ2v) is 3.15. The summed E-state index contributed by atoms with van der Waals surface area (Å²) >= 11 is 0. The van der Waals surface area contributed by atoms with Crippen LogP contribution in [0.4, 0.5) is 5.69 Å². The number of nitrogens with two attached hydrogens (primary N) is 2. The molecule has 0 saturated carbocycles. The summed E-state index contributed by atoms with van der Waals surface area (Å²) in [4.78, 5) is 11.1. The molecule has 0 aliphatic carbocycles. The van der Waals surface area contributed by atoms with Gasteiger partial charge in [0.2, 0.25) is 0 Å². The summed E-state index contributed by atoms with van der Waals surface area (Å²) in [5, 5.41) is 4.23. The Labute approximate surface area is 83.1 Å². The fourth-order valence-electron chi connectivity index (χ4n) is 1.42. The molecule has 4 N–H and O–H groups in total. The van der Waals surface area contributed by atoms with Gasteiger partial charge in [-0.1, -0.05) is 13.8 Å². The predicted octanol–water partition coefficient (Wildman–Crippen LogP) is 0.537. The largest absolute Gasteiger partial charge is 0.395 e. The van der Waals surface area contributed by atoms with Crippen LogP contribution in [0.2, 0.25) is 0 Å². The van der Waals surface area contributed by atoms with Crippen molar-refractivity contribution in [3.8, 4) is 0 Å². The van der Waals surface area contributed by atoms with Gasteiger partial charge in [-0.3, -0.25) is 9.48 Å². The van der Waals surface area contributed by atoms with Crippen molar-refractivity contribution in [3.63, 3.8) is 0 Å². The number of nitrogens with zero attached hydrogens (tertiary/aromatic N) is 2. The molecule has 0 aliphatic heterocycles. The molecule has 5 nitrogen and oxygen atoms in total. The third-order valence-corrected chi connectivity index (χ3v) is 2.07. The average Bonchev–Trinajstić information content (AvgIpc) is 2.43. The highest BCUT2D eigenvalue weighted by Crippen LogP contribution is 2.17. The van der Waals surface area contributed by atoms with Gasteiger partial charge in [0.25, 0.3) is 5.91 Å². The van der Waals surface area contributed by atoms with Crippen molar-refractivity contribution in [3.05, 3.63) is 11.4 Å². The summed E-state index contributed by atoms with van der Waals surface area (Å²) < 4.78 is 1.59. The van der Waals surface area contributed by atoms with Crippen molar-refractivity contribution in [2.45, 2.75) is 33.2 Å². The number of amides is 1. The van der Waals surface area contributed by atoms with Crippen molar-refractivity contribution in [1.82, 2.24) is 9.78 Å². The van der Waals surface area contributed by atoms with Crippen LogP contribution < -0.4 is 11.5 Å². The van der Waals surface area contributed by atoms with Crippen molar-refractivity contribution < 1.29 is 4.79 Å². The van der Waals surface area contributed by atoms with E-state index in [1.807, 2.05) is 13.8 Å². The average molecular weight is 196 g/mol. The Balaban J connectivity index is 3.20. The first-order chi connectivity index (χ1) is 6.61. The van der Waals surface area contributed by atoms with Crippen molar-refractivity contribution >= 4 is 11.6 Å². The van der Waals surface area contributed by atoms with E-state index < -0.39 is 5.91 Å². The second kappa shape index (κ2) is 4.13. The number of rotatable bonds is 4. The molecule has 0 atom stereocenters. The van der Waals surface area contributed by atoms with Gasteiger partial charge in [0.1, 0.15) is 5.69 Å². The number of aryl methyl sites for hydroxylation is 2. The van der Waals surface area contributed by atoms with E-state index in [0.717, 1.165) is 12.1 Å². The van der Waals surface area contributed by atoms with E-state index in [1.54, 1.807) is 4.68 Å². The lowest BCUT2D eigenvalue weighted by molar-refractivity contribution is 0.0990. The Morgan fingerprint density at radius 1 is 1.50 bits per heavy atom. The van der Waals surface area contributed by atoms with Gasteiger partial charge in [0.05, 0.1) is 11.4 Å². The lowest BCUT2D eigenvalue weighted by Gasteiger charge is -2.01. The van der Waals surface area contributed by atoms with Crippen molar-refractivity contribution in [2.75, 3.05) is 5.73 Å². The van der Waals surface area contributed by atoms with Crippen LogP contribution in [0.5, 0.6) is 0 Å². The van der Waals surface area contributed by atoms with Gasteiger partial charge >= 0.3 is 0 Å². The standard InChI is InChI=1S/C9H16N4O/c1-3-5-13-8(9(11)14)7(10)6(4-2)12-13/h3-5,10H2,1-2H3,(H2,11,14). The Bertz CT molecular complexity index is 343. The summed E-state index contributed by atoms with van der Waals surface area (Å²) in [5.74, 6) is -0.511. The first kappa shape index (κ1) is 10.6. The number of aromatic nitrogens is 2. The van der Waals surface area contributed by atoms with Crippen LogP contribution in [0.1, 0.15) is 36.5 Å². The quantitative estimate of drug-likeness (QED) is 0.736. The molecule has 0 aromatic carbocycles. The van der Waals surface area contributed by atoms with Gasteiger partial charge < -0.3 is 11.5 Å². The molecule has 1 aromatic rings. The summed E-state index contributed by atoms with van der Waals surface area (Å²) in [6.45, 7) is 4.62. The molecule has 5 heteroatoms. The number of hydrogen-bond acceptors (Lipinski definition) is 3. The van der Waals surface area contributed by atoms with Crippen molar-refractivity contribution in [2.24, 2.45) is 5.73 Å². The smallest absolute Gasteiger partial charge is 0.269 e. The molecule has 0 radical (unpaired) electrons. The fraction of sp³-hybridized carbons (Fsp3) is 0.556. The van der Waals surface area contributed by atoms with Crippen LogP contribution in [0, 0.1) is 0 Å². The van der Waals surface area contributed by atoms with E-state index in [4.69, 9.17) is 11.5 Å². The topological polar surface area (TPSA) is 86.9 Å². The number of primary amides is 1. The summed E-state index contributed by atoms with van der Waals surface area (Å²) in [5.41, 5.74) is 12.5. The van der Waals surface area contributed by atoms with Crippen LogP contribution in [0.3, 0.4) is 0 Å². The Morgan fingerprint density at radius 3 is 2.57 bits per heavy atom. The minimum absolute atomic E-state index is 0.337. The van der Waals surface area contributed by atoms with Gasteiger partial charge in [-0.2, -0.15) is 5.10 Å². The monoisotopic (exact) mass is 196 g/mol. The molecule has 1 amide bonds. The van der Waals surface area contributed by atoms with E-state index >= 15 is 0 Å². The molecular formula is C9H16N4O. The van der Waals surface area contributed by atoms with E-state index in [1.165, 1.54) is 0 Å². The highest BCUT2D eigenvalue weighted by molar-refractivity contribution is 5.96. The normalized spacial score (nSPS) is 10.4. The lowest BCUT2D eigenvalue weighted by atomic mass is 10.2. The van der Waals surface area contributed by atoms with E-state index in [0.29, 0.717) is 24.3 Å².